The molecule has 0 aromatic carbocycles. The van der Waals surface area contributed by atoms with Crippen LogP contribution in [0.3, 0.4) is 0 Å². The maximum Gasteiger partial charge on any atom is 0.220 e. The predicted octanol–water partition coefficient (Wildman–Crippen LogP) is -0.372. The fourth-order valence-electron chi connectivity index (χ4n) is 1.77. The second-order valence-electron chi connectivity index (χ2n) is 4.25. The predicted molar refractivity (Wildman–Crippen MR) is 68.9 cm³/mol. The SMILES string of the molecule is CC(C)N1CCN(S(=O)(=O)CC(N)=S)CC1. The average Bonchev–Trinajstić information content (AvgIpc) is 2.16. The number of hydrogen-bond acceptors (Lipinski definition) is 4. The fourth-order valence-corrected chi connectivity index (χ4v) is 3.48. The molecule has 5 nitrogen and oxygen atoms in total. The van der Waals surface area contributed by atoms with E-state index < -0.39 is 10.0 Å². The molecule has 2 N–H and O–H groups in total. The van der Waals surface area contributed by atoms with Crippen LogP contribution in [0.5, 0.6) is 0 Å². The van der Waals surface area contributed by atoms with E-state index in [1.54, 1.807) is 0 Å². The van der Waals surface area contributed by atoms with E-state index in [-0.39, 0.29) is 10.7 Å². The Morgan fingerprint density at radius 1 is 1.31 bits per heavy atom. The van der Waals surface area contributed by atoms with Crippen LogP contribution in [0.4, 0.5) is 0 Å². The zero-order valence-electron chi connectivity index (χ0n) is 9.72. The molecule has 0 aromatic heterocycles. The fraction of sp³-hybridized carbons (Fsp3) is 0.889. The van der Waals surface area contributed by atoms with Gasteiger partial charge >= 0.3 is 0 Å². The van der Waals surface area contributed by atoms with Crippen LogP contribution in [0.2, 0.25) is 0 Å². The van der Waals surface area contributed by atoms with Gasteiger partial charge in [-0.05, 0) is 13.8 Å². The van der Waals surface area contributed by atoms with E-state index in [2.05, 4.69) is 31.0 Å². The minimum absolute atomic E-state index is 0.0336. The summed E-state index contributed by atoms with van der Waals surface area (Å²) >= 11 is 4.64. The third kappa shape index (κ3) is 3.65. The van der Waals surface area contributed by atoms with Gasteiger partial charge in [-0.25, -0.2) is 8.42 Å². The van der Waals surface area contributed by atoms with Gasteiger partial charge < -0.3 is 5.73 Å². The van der Waals surface area contributed by atoms with Crippen LogP contribution in [0, 0.1) is 0 Å². The van der Waals surface area contributed by atoms with Gasteiger partial charge in [0, 0.05) is 32.2 Å². The highest BCUT2D eigenvalue weighted by Crippen LogP contribution is 2.10. The highest BCUT2D eigenvalue weighted by molar-refractivity contribution is 7.92. The average molecular weight is 265 g/mol. The van der Waals surface area contributed by atoms with Crippen molar-refractivity contribution in [1.29, 1.82) is 0 Å². The van der Waals surface area contributed by atoms with Crippen LogP contribution in [0.25, 0.3) is 0 Å². The minimum Gasteiger partial charge on any atom is -0.392 e. The van der Waals surface area contributed by atoms with Crippen LogP contribution in [0.15, 0.2) is 0 Å². The second-order valence-corrected chi connectivity index (χ2v) is 6.74. The van der Waals surface area contributed by atoms with E-state index in [0.717, 1.165) is 13.1 Å². The summed E-state index contributed by atoms with van der Waals surface area (Å²) in [4.78, 5) is 2.29. The Morgan fingerprint density at radius 2 is 1.81 bits per heavy atom. The van der Waals surface area contributed by atoms with E-state index >= 15 is 0 Å². The first-order chi connectivity index (χ1) is 7.33. The lowest BCUT2D eigenvalue weighted by Gasteiger charge is -2.36. The quantitative estimate of drug-likeness (QED) is 0.703. The largest absolute Gasteiger partial charge is 0.392 e. The third-order valence-corrected chi connectivity index (χ3v) is 4.88. The van der Waals surface area contributed by atoms with Gasteiger partial charge in [-0.1, -0.05) is 12.2 Å². The molecule has 0 saturated carbocycles. The highest BCUT2D eigenvalue weighted by atomic mass is 32.2. The number of hydrogen-bond donors (Lipinski definition) is 1. The molecule has 0 atom stereocenters. The van der Waals surface area contributed by atoms with Gasteiger partial charge in [-0.3, -0.25) is 4.90 Å². The molecule has 1 heterocycles. The summed E-state index contributed by atoms with van der Waals surface area (Å²) in [7, 11) is -3.29. The topological polar surface area (TPSA) is 66.6 Å². The molecule has 1 aliphatic heterocycles. The normalized spacial score (nSPS) is 20.2. The summed E-state index contributed by atoms with van der Waals surface area (Å²) in [6.45, 7) is 6.83. The van der Waals surface area contributed by atoms with Crippen LogP contribution < -0.4 is 5.73 Å². The minimum atomic E-state index is -3.29. The number of piperazine rings is 1. The summed E-state index contributed by atoms with van der Waals surface area (Å²) < 4.78 is 25.1. The van der Waals surface area contributed by atoms with Gasteiger partial charge in [0.2, 0.25) is 10.0 Å². The van der Waals surface area contributed by atoms with Crippen molar-refractivity contribution in [2.45, 2.75) is 19.9 Å². The van der Waals surface area contributed by atoms with Crippen molar-refractivity contribution >= 4 is 27.2 Å². The molecule has 0 amide bonds. The van der Waals surface area contributed by atoms with Crippen molar-refractivity contribution in [2.24, 2.45) is 5.73 Å². The zero-order chi connectivity index (χ0) is 12.3. The molecule has 0 spiro atoms. The van der Waals surface area contributed by atoms with Gasteiger partial charge in [-0.15, -0.1) is 0 Å². The van der Waals surface area contributed by atoms with Gasteiger partial charge in [0.25, 0.3) is 0 Å². The smallest absolute Gasteiger partial charge is 0.220 e. The molecule has 94 valence electrons. The molecule has 0 aliphatic carbocycles. The van der Waals surface area contributed by atoms with Gasteiger partial charge in [0.1, 0.15) is 5.75 Å². The molecule has 1 aliphatic rings. The first kappa shape index (κ1) is 13.8. The van der Waals surface area contributed by atoms with Crippen LogP contribution in [-0.2, 0) is 10.0 Å². The van der Waals surface area contributed by atoms with Crippen molar-refractivity contribution in [2.75, 3.05) is 31.9 Å². The Labute approximate surface area is 103 Å². The molecule has 0 aromatic rings. The summed E-state index contributed by atoms with van der Waals surface area (Å²) in [6, 6.07) is 0.459. The molecule has 0 unspecified atom stereocenters. The molecule has 0 radical (unpaired) electrons. The lowest BCUT2D eigenvalue weighted by atomic mass is 10.3. The van der Waals surface area contributed by atoms with E-state index in [4.69, 9.17) is 5.73 Å². The number of rotatable bonds is 4. The first-order valence-corrected chi connectivity index (χ1v) is 7.35. The Balaban J connectivity index is 2.56. The molecule has 1 rings (SSSR count). The van der Waals surface area contributed by atoms with E-state index in [9.17, 15) is 8.42 Å². The maximum atomic E-state index is 11.8. The third-order valence-electron chi connectivity index (χ3n) is 2.72. The summed E-state index contributed by atoms with van der Waals surface area (Å²) in [6.07, 6.45) is 0. The van der Waals surface area contributed by atoms with Gasteiger partial charge in [0.15, 0.2) is 0 Å². The van der Waals surface area contributed by atoms with E-state index in [0.29, 0.717) is 19.1 Å². The number of sulfonamides is 1. The Hall–Kier alpha value is -0.240. The number of nitrogens with two attached hydrogens (primary N) is 1. The van der Waals surface area contributed by atoms with Crippen molar-refractivity contribution in [3.05, 3.63) is 0 Å². The molecule has 1 fully saturated rings. The van der Waals surface area contributed by atoms with E-state index in [1.807, 2.05) is 0 Å². The molecule has 16 heavy (non-hydrogen) atoms. The first-order valence-electron chi connectivity index (χ1n) is 5.33. The lowest BCUT2D eigenvalue weighted by Crippen LogP contribution is -2.51. The van der Waals surface area contributed by atoms with Crippen LogP contribution in [0.1, 0.15) is 13.8 Å². The standard InChI is InChI=1S/C9H19N3O2S2/c1-8(2)11-3-5-12(6-4-11)16(13,14)7-9(10)15/h8H,3-7H2,1-2H3,(H2,10,15). The second kappa shape index (κ2) is 5.39. The zero-order valence-corrected chi connectivity index (χ0v) is 11.4. The molecular formula is C9H19N3O2S2. The maximum absolute atomic E-state index is 11.8. The number of nitrogens with zero attached hydrogens (tertiary/aromatic N) is 2. The molecule has 0 bridgehead atoms. The molecule has 7 heteroatoms. The number of thiocarbonyl (C=S) groups is 1. The van der Waals surface area contributed by atoms with Gasteiger partial charge in [-0.2, -0.15) is 4.31 Å². The lowest BCUT2D eigenvalue weighted by molar-refractivity contribution is 0.154. The Morgan fingerprint density at radius 3 is 2.19 bits per heavy atom. The summed E-state index contributed by atoms with van der Waals surface area (Å²) in [5.74, 6) is -0.218. The monoisotopic (exact) mass is 265 g/mol. The molecular weight excluding hydrogens is 246 g/mol. The molecule has 1 saturated heterocycles. The van der Waals surface area contributed by atoms with Crippen LogP contribution in [-0.4, -0.2) is 60.6 Å². The Kier molecular flexibility index (Phi) is 4.66. The van der Waals surface area contributed by atoms with Crippen molar-refractivity contribution in [3.8, 4) is 0 Å². The highest BCUT2D eigenvalue weighted by Gasteiger charge is 2.27. The van der Waals surface area contributed by atoms with Crippen molar-refractivity contribution in [3.63, 3.8) is 0 Å². The van der Waals surface area contributed by atoms with Crippen molar-refractivity contribution < 1.29 is 8.42 Å². The summed E-state index contributed by atoms with van der Waals surface area (Å²) in [5, 5.41) is 0. The van der Waals surface area contributed by atoms with Crippen molar-refractivity contribution in [1.82, 2.24) is 9.21 Å². The van der Waals surface area contributed by atoms with Crippen LogP contribution >= 0.6 is 12.2 Å². The van der Waals surface area contributed by atoms with E-state index in [1.165, 1.54) is 4.31 Å². The van der Waals surface area contributed by atoms with Gasteiger partial charge in [0.05, 0.1) is 4.99 Å². The Bertz CT molecular complexity index is 346. The summed E-state index contributed by atoms with van der Waals surface area (Å²) in [5.41, 5.74) is 5.28.